The molecule has 0 fully saturated rings. The number of nitrogens with zero attached hydrogens (tertiary/aromatic N) is 1. The van der Waals surface area contributed by atoms with Gasteiger partial charge in [-0.05, 0) is 91.3 Å². The van der Waals surface area contributed by atoms with Gasteiger partial charge >= 0.3 is 0 Å². The van der Waals surface area contributed by atoms with Gasteiger partial charge in [-0.3, -0.25) is 9.59 Å². The number of fused-ring (bicyclic) bond motifs is 2. The van der Waals surface area contributed by atoms with E-state index in [1.807, 2.05) is 59.5 Å². The molecule has 40 heavy (non-hydrogen) atoms. The zero-order valence-corrected chi connectivity index (χ0v) is 23.6. The fourth-order valence-corrected chi connectivity index (χ4v) is 6.65. The van der Waals surface area contributed by atoms with Crippen molar-refractivity contribution in [2.75, 3.05) is 4.90 Å². The molecule has 5 heteroatoms. The van der Waals surface area contributed by atoms with E-state index in [0.717, 1.165) is 41.0 Å². The van der Waals surface area contributed by atoms with Crippen molar-refractivity contribution in [2.24, 2.45) is 0 Å². The third-order valence-electron chi connectivity index (χ3n) is 7.81. The molecular weight excluding hydrogens is 512 g/mol. The summed E-state index contributed by atoms with van der Waals surface area (Å²) in [5.74, 6) is -0.0833. The highest BCUT2D eigenvalue weighted by atomic mass is 32.2. The van der Waals surface area contributed by atoms with E-state index in [-0.39, 0.29) is 17.9 Å². The number of hydrogen-bond donors (Lipinski definition) is 1. The van der Waals surface area contributed by atoms with Gasteiger partial charge in [-0.2, -0.15) is 0 Å². The average Bonchev–Trinajstić information content (AvgIpc) is 2.97. The second-order valence-electron chi connectivity index (χ2n) is 10.6. The molecule has 1 N–H and O–H groups in total. The van der Waals surface area contributed by atoms with Gasteiger partial charge in [0.15, 0.2) is 0 Å². The number of hydrogen-bond acceptors (Lipinski definition) is 3. The highest BCUT2D eigenvalue weighted by molar-refractivity contribution is 8.04. The summed E-state index contributed by atoms with van der Waals surface area (Å²) >= 11 is 1.50. The van der Waals surface area contributed by atoms with E-state index in [4.69, 9.17) is 0 Å². The van der Waals surface area contributed by atoms with Crippen LogP contribution in [0, 0.1) is 13.8 Å². The number of thioether (sulfide) groups is 1. The molecule has 200 valence electrons. The molecule has 0 spiro atoms. The second kappa shape index (κ2) is 11.2. The number of aryl methyl sites for hydroxylation is 3. The zero-order valence-electron chi connectivity index (χ0n) is 22.8. The first-order chi connectivity index (χ1) is 19.5. The molecule has 0 bridgehead atoms. The van der Waals surface area contributed by atoms with E-state index in [0.29, 0.717) is 17.0 Å². The van der Waals surface area contributed by atoms with Gasteiger partial charge in [-0.15, -0.1) is 0 Å². The lowest BCUT2D eigenvalue weighted by Gasteiger charge is -2.31. The van der Waals surface area contributed by atoms with E-state index in [1.165, 1.54) is 34.0 Å². The van der Waals surface area contributed by atoms with Gasteiger partial charge < -0.3 is 10.2 Å². The third-order valence-corrected chi connectivity index (χ3v) is 8.89. The maximum Gasteiger partial charge on any atom is 0.265 e. The van der Waals surface area contributed by atoms with Crippen LogP contribution in [0.1, 0.15) is 62.6 Å². The van der Waals surface area contributed by atoms with Crippen LogP contribution in [0.3, 0.4) is 0 Å². The molecule has 1 aliphatic carbocycles. The van der Waals surface area contributed by atoms with Crippen LogP contribution in [0.5, 0.6) is 0 Å². The van der Waals surface area contributed by atoms with E-state index in [2.05, 4.69) is 61.6 Å². The zero-order chi connectivity index (χ0) is 27.6. The van der Waals surface area contributed by atoms with Crippen molar-refractivity contribution in [3.8, 4) is 0 Å². The lowest BCUT2D eigenvalue weighted by atomic mass is 9.87. The summed E-state index contributed by atoms with van der Waals surface area (Å²) in [7, 11) is 0. The van der Waals surface area contributed by atoms with Crippen LogP contribution < -0.4 is 10.2 Å². The maximum atomic E-state index is 13.8. The predicted molar refractivity (Wildman–Crippen MR) is 163 cm³/mol. The molecule has 4 nitrogen and oxygen atoms in total. The normalized spacial score (nSPS) is 17.4. The number of para-hydroxylation sites is 1. The monoisotopic (exact) mass is 544 g/mol. The molecule has 0 saturated heterocycles. The number of rotatable bonds is 5. The van der Waals surface area contributed by atoms with Crippen LogP contribution in [0.15, 0.2) is 101 Å². The minimum absolute atomic E-state index is 0.0117. The Labute approximate surface area is 240 Å². The topological polar surface area (TPSA) is 49.4 Å². The van der Waals surface area contributed by atoms with Crippen molar-refractivity contribution in [1.82, 2.24) is 5.32 Å². The fraction of sp³-hybridized carbons (Fsp3) is 0.200. The van der Waals surface area contributed by atoms with Crippen LogP contribution in [0.4, 0.5) is 5.69 Å². The van der Waals surface area contributed by atoms with Crippen LogP contribution >= 0.6 is 11.8 Å². The third kappa shape index (κ3) is 5.34. The molecular formula is C35H32N2O2S. The second-order valence-corrected chi connectivity index (χ2v) is 11.7. The van der Waals surface area contributed by atoms with E-state index in [1.54, 1.807) is 0 Å². The number of nitrogens with one attached hydrogen (secondary N) is 1. The largest absolute Gasteiger partial charge is 0.345 e. The van der Waals surface area contributed by atoms with Crippen LogP contribution in [-0.4, -0.2) is 11.8 Å². The first kappa shape index (κ1) is 26.1. The van der Waals surface area contributed by atoms with Crippen LogP contribution in [-0.2, 0) is 17.8 Å². The lowest BCUT2D eigenvalue weighted by Crippen LogP contribution is -2.34. The van der Waals surface area contributed by atoms with Crippen molar-refractivity contribution in [1.29, 1.82) is 0 Å². The average molecular weight is 545 g/mol. The highest BCUT2D eigenvalue weighted by Gasteiger charge is 2.29. The number of anilines is 1. The first-order valence-corrected chi connectivity index (χ1v) is 14.6. The Hall–Kier alpha value is -4.09. The smallest absolute Gasteiger partial charge is 0.265 e. The van der Waals surface area contributed by atoms with Crippen molar-refractivity contribution in [3.63, 3.8) is 0 Å². The molecule has 1 atom stereocenters. The summed E-state index contributed by atoms with van der Waals surface area (Å²) in [6.07, 6.45) is 5.02. The molecule has 6 rings (SSSR count). The summed E-state index contributed by atoms with van der Waals surface area (Å²) < 4.78 is 0. The Morgan fingerprint density at radius 1 is 0.975 bits per heavy atom. The van der Waals surface area contributed by atoms with E-state index >= 15 is 0 Å². The van der Waals surface area contributed by atoms with Crippen molar-refractivity contribution >= 4 is 35.3 Å². The van der Waals surface area contributed by atoms with Gasteiger partial charge in [-0.25, -0.2) is 0 Å². The van der Waals surface area contributed by atoms with Gasteiger partial charge in [-0.1, -0.05) is 84.1 Å². The lowest BCUT2D eigenvalue weighted by molar-refractivity contribution is -0.114. The summed E-state index contributed by atoms with van der Waals surface area (Å²) in [4.78, 5) is 30.5. The fourth-order valence-electron chi connectivity index (χ4n) is 5.59. The molecule has 1 aliphatic heterocycles. The summed E-state index contributed by atoms with van der Waals surface area (Å²) in [6, 6.07) is 30.4. The van der Waals surface area contributed by atoms with Gasteiger partial charge in [0.1, 0.15) is 0 Å². The van der Waals surface area contributed by atoms with Gasteiger partial charge in [0.05, 0.1) is 23.2 Å². The Kier molecular flexibility index (Phi) is 7.31. The highest BCUT2D eigenvalue weighted by Crippen LogP contribution is 2.43. The Bertz CT molecular complexity index is 1620. The molecule has 2 amide bonds. The quantitative estimate of drug-likeness (QED) is 0.261. The van der Waals surface area contributed by atoms with Gasteiger partial charge in [0.2, 0.25) is 0 Å². The number of carbonyl (C=O) groups excluding carboxylic acids is 2. The molecule has 0 saturated carbocycles. The minimum atomic E-state index is -0.0716. The Morgan fingerprint density at radius 2 is 1.75 bits per heavy atom. The van der Waals surface area contributed by atoms with Crippen molar-refractivity contribution in [3.05, 3.63) is 135 Å². The summed E-state index contributed by atoms with van der Waals surface area (Å²) in [5, 5.41) is 3.23. The SMILES string of the molecule is Cc1ccc(C)c(CN2C(=O)/C(=C/c3ccc(C(=O)NC4CCCc5ccccc54)cc3)Sc3ccccc32)c1. The van der Waals surface area contributed by atoms with Crippen LogP contribution in [0.25, 0.3) is 6.08 Å². The maximum absolute atomic E-state index is 13.8. The van der Waals surface area contributed by atoms with Gasteiger partial charge in [0.25, 0.3) is 11.8 Å². The minimum Gasteiger partial charge on any atom is -0.345 e. The molecule has 0 aromatic heterocycles. The predicted octanol–water partition coefficient (Wildman–Crippen LogP) is 7.79. The van der Waals surface area contributed by atoms with Crippen molar-refractivity contribution in [2.45, 2.75) is 50.6 Å². The van der Waals surface area contributed by atoms with Crippen molar-refractivity contribution < 1.29 is 9.59 Å². The van der Waals surface area contributed by atoms with Crippen LogP contribution in [0.2, 0.25) is 0 Å². The number of carbonyl (C=O) groups is 2. The molecule has 1 heterocycles. The van der Waals surface area contributed by atoms with Gasteiger partial charge in [0, 0.05) is 10.5 Å². The Balaban J connectivity index is 1.22. The molecule has 2 aliphatic rings. The molecule has 0 radical (unpaired) electrons. The standard InChI is InChI=1S/C35H32N2O2S/c1-23-14-15-24(2)28(20-23)22-37-31-12-5-6-13-32(31)40-33(35(37)39)21-25-16-18-27(19-17-25)34(38)36-30-11-7-9-26-8-3-4-10-29(26)30/h3-6,8,10,12-21,30H,7,9,11,22H2,1-2H3,(H,36,38)/b33-21-. The summed E-state index contributed by atoms with van der Waals surface area (Å²) in [6.45, 7) is 4.68. The molecule has 4 aromatic rings. The molecule has 1 unspecified atom stereocenters. The van der Waals surface area contributed by atoms with E-state index in [9.17, 15) is 9.59 Å². The molecule has 4 aromatic carbocycles. The number of amides is 2. The number of benzene rings is 4. The first-order valence-electron chi connectivity index (χ1n) is 13.8. The Morgan fingerprint density at radius 3 is 2.60 bits per heavy atom. The summed E-state index contributed by atoms with van der Waals surface area (Å²) in [5.41, 5.74) is 8.49. The van der Waals surface area contributed by atoms with E-state index < -0.39 is 0 Å².